The van der Waals surface area contributed by atoms with Crippen LogP contribution in [-0.4, -0.2) is 106 Å². The van der Waals surface area contributed by atoms with Crippen molar-refractivity contribution in [1.82, 2.24) is 29.9 Å². The number of nitrogens with one attached hydrogen (secondary N) is 6. The van der Waals surface area contributed by atoms with E-state index in [0.717, 1.165) is 48.5 Å². The average Bonchev–Trinajstić information content (AvgIpc) is 2.41. The molecule has 4 amide bonds. The van der Waals surface area contributed by atoms with Gasteiger partial charge < -0.3 is 43.4 Å². The van der Waals surface area contributed by atoms with Crippen LogP contribution in [0.2, 0.25) is 0 Å². The first-order chi connectivity index (χ1) is 41.9. The minimum Gasteiger partial charge on any atom is -0.352 e. The number of benzene rings is 6. The maximum Gasteiger partial charge on any atom is 0.316 e. The minimum atomic E-state index is -4.98. The Kier molecular flexibility index (Phi) is 19.2. The van der Waals surface area contributed by atoms with Crippen LogP contribution in [0.4, 0.5) is 110 Å². The average molecular weight is 1300 g/mol. The summed E-state index contributed by atoms with van der Waals surface area (Å²) in [5, 5.41) is 47.0. The molecule has 0 aliphatic carbocycles. The summed E-state index contributed by atoms with van der Waals surface area (Å²) in [5.41, 5.74) is 9.77. The van der Waals surface area contributed by atoms with Gasteiger partial charge in [-0.05, 0) is 128 Å². The molecule has 0 spiro atoms. The Morgan fingerprint density at radius 2 is 0.798 bits per heavy atom. The van der Waals surface area contributed by atoms with Crippen LogP contribution in [-0.2, 0) is 40.5 Å². The van der Waals surface area contributed by atoms with Crippen LogP contribution in [0.1, 0.15) is 6.92 Å². The van der Waals surface area contributed by atoms with Crippen molar-refractivity contribution in [2.24, 2.45) is 52.4 Å². The fourth-order valence-corrected chi connectivity index (χ4v) is 9.37. The van der Waals surface area contributed by atoms with Crippen LogP contribution in [0.15, 0.2) is 182 Å². The molecule has 0 fully saturated rings. The summed E-state index contributed by atoms with van der Waals surface area (Å²) >= 11 is 0. The number of nitrogens with zero attached hydrogens (tertiary/aromatic N) is 14. The molecular weight excluding hydrogens is 1260 g/mol. The van der Waals surface area contributed by atoms with Crippen LogP contribution in [0, 0.1) is 12.2 Å². The van der Waals surface area contributed by atoms with Crippen LogP contribution < -0.4 is 43.4 Å². The maximum absolute atomic E-state index is 14.8. The van der Waals surface area contributed by atoms with Crippen LogP contribution in [0.3, 0.4) is 0 Å². The van der Waals surface area contributed by atoms with Crippen LogP contribution in [0.5, 0.6) is 0 Å². The maximum atomic E-state index is 14.8. The van der Waals surface area contributed by atoms with Gasteiger partial charge in [0.25, 0.3) is 40.5 Å². The molecule has 8 rings (SSSR count). The van der Waals surface area contributed by atoms with E-state index in [4.69, 9.17) is 11.5 Å². The first-order valence-electron chi connectivity index (χ1n) is 24.2. The third kappa shape index (κ3) is 18.3. The Labute approximate surface area is 499 Å². The second kappa shape index (κ2) is 26.7. The van der Waals surface area contributed by atoms with Gasteiger partial charge in [-0.3, -0.25) is 18.2 Å². The lowest BCUT2D eigenvalue weighted by Crippen LogP contribution is -2.27. The Morgan fingerprint density at radius 1 is 0.449 bits per heavy atom. The standard InChI is InChI=1S/C47H40F2N22O14S4/c1-23(53-45-59-41(49)61-47(63-45)55-27-7-15-33(37(19-27)57-43(51)73)69-71-35-17-9-29(21-39(35)89(83,84)85)67-65-25-4-12-31(13-5-25)87(77,78)79)22-52-44-58-40(48)60-46(62-44)54-26-6-14-32(36(18-26)56-42(50)72)68-70-34-16-8-28(20-38(34)88(80,81)82)66-64-24-2-10-30(11-3-24)86(74,75)76/h2-21,23H,22H2,1H3,(H3,50,56,72)(H3,51,57,73)(H,74,75,76)(H,77,78,79)(H,80,81,82)(H,83,84,85)(H2,52,54,58,60,62)(H2,53,55,59,61,63). The minimum absolute atomic E-state index is 0.0913. The summed E-state index contributed by atoms with van der Waals surface area (Å²) in [6.45, 7) is 1.50. The molecule has 89 heavy (non-hydrogen) atoms. The van der Waals surface area contributed by atoms with E-state index in [0.29, 0.717) is 0 Å². The van der Waals surface area contributed by atoms with E-state index in [1.165, 1.54) is 72.8 Å². The van der Waals surface area contributed by atoms with Crippen LogP contribution >= 0.6 is 0 Å². The van der Waals surface area contributed by atoms with Crippen molar-refractivity contribution in [2.75, 3.05) is 38.4 Å². The fraction of sp³-hybridized carbons (Fsp3) is 0.0638. The molecule has 2 heterocycles. The highest BCUT2D eigenvalue weighted by Gasteiger charge is 2.21. The monoisotopic (exact) mass is 1300 g/mol. The third-order valence-electron chi connectivity index (χ3n) is 11.0. The Balaban J connectivity index is 0.909. The molecule has 0 saturated carbocycles. The molecule has 1 unspecified atom stereocenters. The van der Waals surface area contributed by atoms with E-state index >= 15 is 0 Å². The number of carbonyl (C=O) groups is 2. The second-order valence-electron chi connectivity index (χ2n) is 17.6. The van der Waals surface area contributed by atoms with Gasteiger partial charge in [0.15, 0.2) is 0 Å². The van der Waals surface area contributed by atoms with Crippen molar-refractivity contribution in [1.29, 1.82) is 0 Å². The lowest BCUT2D eigenvalue weighted by atomic mass is 10.2. The van der Waals surface area contributed by atoms with Crippen molar-refractivity contribution >= 4 is 145 Å². The first-order valence-corrected chi connectivity index (χ1v) is 30.0. The van der Waals surface area contributed by atoms with Crippen LogP contribution in [0.25, 0.3) is 0 Å². The van der Waals surface area contributed by atoms with E-state index in [9.17, 15) is 70.3 Å². The number of rotatable bonds is 23. The van der Waals surface area contributed by atoms with Gasteiger partial charge in [-0.2, -0.15) is 92.8 Å². The van der Waals surface area contributed by atoms with Gasteiger partial charge >= 0.3 is 24.2 Å². The summed E-state index contributed by atoms with van der Waals surface area (Å²) in [7, 11) is -18.9. The molecule has 6 aromatic carbocycles. The van der Waals surface area contributed by atoms with E-state index in [1.807, 2.05) is 0 Å². The highest BCUT2D eigenvalue weighted by Crippen LogP contribution is 2.37. The quantitative estimate of drug-likeness (QED) is 0.0209. The number of aromatic nitrogens is 6. The number of halogens is 2. The molecule has 2 aromatic heterocycles. The predicted molar refractivity (Wildman–Crippen MR) is 309 cm³/mol. The number of urea groups is 2. The summed E-state index contributed by atoms with van der Waals surface area (Å²) in [6, 6.07) is 20.6. The van der Waals surface area contributed by atoms with Gasteiger partial charge in [0.1, 0.15) is 32.5 Å². The van der Waals surface area contributed by atoms with Gasteiger partial charge in [0, 0.05) is 24.0 Å². The summed E-state index contributed by atoms with van der Waals surface area (Å²) in [6.07, 6.45) is -2.51. The highest BCUT2D eigenvalue weighted by molar-refractivity contribution is 7.86. The number of hydrogen-bond donors (Lipinski definition) is 12. The molecule has 0 saturated heterocycles. The van der Waals surface area contributed by atoms with Gasteiger partial charge in [0.05, 0.1) is 43.9 Å². The molecule has 0 aliphatic heterocycles. The van der Waals surface area contributed by atoms with E-state index in [2.05, 4.69) is 103 Å². The summed E-state index contributed by atoms with van der Waals surface area (Å²) in [5.74, 6) is -1.33. The first kappa shape index (κ1) is 64.0. The largest absolute Gasteiger partial charge is 0.352 e. The fourth-order valence-electron chi connectivity index (χ4n) is 7.12. The normalized spacial score (nSPS) is 12.6. The zero-order valence-corrected chi connectivity index (χ0v) is 47.8. The smallest absolute Gasteiger partial charge is 0.316 e. The van der Waals surface area contributed by atoms with E-state index in [-0.39, 0.29) is 87.2 Å². The Morgan fingerprint density at radius 3 is 1.19 bits per heavy atom. The topological polar surface area (TPSA) is 552 Å². The third-order valence-corrected chi connectivity index (χ3v) is 14.5. The zero-order chi connectivity index (χ0) is 64.4. The highest BCUT2D eigenvalue weighted by atomic mass is 32.2. The lowest BCUT2D eigenvalue weighted by molar-refractivity contribution is 0.258. The van der Waals surface area contributed by atoms with E-state index in [1.54, 1.807) is 6.92 Å². The number of anilines is 8. The molecule has 36 nitrogen and oxygen atoms in total. The Bertz CT molecular complexity index is 4670. The summed E-state index contributed by atoms with van der Waals surface area (Å²) < 4.78 is 163. The molecule has 14 N–H and O–H groups in total. The molecule has 460 valence electrons. The van der Waals surface area contributed by atoms with Crippen molar-refractivity contribution in [2.45, 2.75) is 32.5 Å². The zero-order valence-electron chi connectivity index (χ0n) is 44.5. The molecule has 0 radical (unpaired) electrons. The number of azo groups is 4. The van der Waals surface area contributed by atoms with Gasteiger partial charge in [-0.1, -0.05) is 0 Å². The SMILES string of the molecule is CC(CNc1nc(F)nc(Nc2ccc(N=Nc3ccc(N=Nc4ccc(S(=O)(=O)O)cc4)cc3S(=O)(=O)O)c(NC(N)=O)c2)n1)Nc1nc(F)nc(Nc2ccc(N=Nc3ccc(N=Nc4ccc(S(=O)(=O)O)cc4)cc3S(=O)(=O)O)c(NC(N)=O)c2)n1. The van der Waals surface area contributed by atoms with Crippen molar-refractivity contribution < 1.29 is 70.3 Å². The number of primary amides is 2. The van der Waals surface area contributed by atoms with Gasteiger partial charge in [0.2, 0.25) is 23.8 Å². The van der Waals surface area contributed by atoms with Crippen molar-refractivity contribution in [3.05, 3.63) is 133 Å². The predicted octanol–water partition coefficient (Wildman–Crippen LogP) is 9.36. The molecule has 1 atom stereocenters. The second-order valence-corrected chi connectivity index (χ2v) is 23.2. The Hall–Kier alpha value is -11.0. The molecule has 42 heteroatoms. The molecule has 8 aromatic rings. The number of nitrogens with two attached hydrogens (primary N) is 2. The van der Waals surface area contributed by atoms with Crippen molar-refractivity contribution in [3.63, 3.8) is 0 Å². The molecular formula is C47H40F2N22O14S4. The summed E-state index contributed by atoms with van der Waals surface area (Å²) in [4.78, 5) is 44.5. The number of carbonyl (C=O) groups excluding carboxylic acids is 2. The van der Waals surface area contributed by atoms with Gasteiger partial charge in [-0.25, -0.2) is 9.59 Å². The number of amides is 4. The molecule has 0 bridgehead atoms. The molecule has 0 aliphatic rings. The van der Waals surface area contributed by atoms with E-state index < -0.39 is 102 Å². The van der Waals surface area contributed by atoms with Crippen molar-refractivity contribution in [3.8, 4) is 0 Å². The number of hydrogen-bond acceptors (Lipinski definition) is 28. The van der Waals surface area contributed by atoms with Gasteiger partial charge in [-0.15, -0.1) is 20.5 Å². The lowest BCUT2D eigenvalue weighted by Gasteiger charge is -2.16.